The molecule has 2 nitrogen and oxygen atoms in total. The van der Waals surface area contributed by atoms with Crippen molar-refractivity contribution < 1.29 is 4.79 Å². The van der Waals surface area contributed by atoms with Crippen molar-refractivity contribution in [1.82, 2.24) is 0 Å². The fraction of sp³-hybridized carbons (Fsp3) is 0. The van der Waals surface area contributed by atoms with Crippen molar-refractivity contribution in [2.24, 2.45) is 0 Å². The van der Waals surface area contributed by atoms with E-state index >= 15 is 0 Å². The molecule has 4 rings (SSSR count). The molecule has 3 heteroatoms. The van der Waals surface area contributed by atoms with E-state index in [0.717, 1.165) is 27.6 Å². The van der Waals surface area contributed by atoms with E-state index in [1.807, 2.05) is 42.5 Å². The van der Waals surface area contributed by atoms with Crippen LogP contribution in [0.1, 0.15) is 11.1 Å². The van der Waals surface area contributed by atoms with Crippen LogP contribution in [0.15, 0.2) is 60.7 Å². The lowest BCUT2D eigenvalue weighted by Crippen LogP contribution is -2.03. The Morgan fingerprint density at radius 1 is 0.909 bits per heavy atom. The molecule has 1 N–H and O–H groups in total. The van der Waals surface area contributed by atoms with Crippen LogP contribution in [0, 0.1) is 0 Å². The fourth-order valence-corrected chi connectivity index (χ4v) is 3.15. The highest BCUT2D eigenvalue weighted by molar-refractivity contribution is 6.41. The number of hydrogen-bond acceptors (Lipinski definition) is 1. The number of carbonyl (C=O) groups excluding carboxylic acids is 1. The Morgan fingerprint density at radius 2 is 1.68 bits per heavy atom. The number of anilines is 1. The highest BCUT2D eigenvalue weighted by Gasteiger charge is 2.26. The maximum atomic E-state index is 12.3. The van der Waals surface area contributed by atoms with Gasteiger partial charge >= 0.3 is 0 Å². The second kappa shape index (κ2) is 5.00. The van der Waals surface area contributed by atoms with E-state index in [1.165, 1.54) is 0 Å². The molecule has 0 bridgehead atoms. The first-order valence-electron chi connectivity index (χ1n) is 7.04. The van der Waals surface area contributed by atoms with Crippen LogP contribution in [0.3, 0.4) is 0 Å². The van der Waals surface area contributed by atoms with Crippen LogP contribution in [0.4, 0.5) is 5.69 Å². The molecule has 0 aromatic heterocycles. The van der Waals surface area contributed by atoms with Crippen molar-refractivity contribution in [1.29, 1.82) is 0 Å². The van der Waals surface area contributed by atoms with Crippen LogP contribution < -0.4 is 5.32 Å². The molecule has 0 aliphatic carbocycles. The molecule has 0 spiro atoms. The van der Waals surface area contributed by atoms with Gasteiger partial charge in [0, 0.05) is 5.56 Å². The Kier molecular flexibility index (Phi) is 2.98. The topological polar surface area (TPSA) is 29.1 Å². The SMILES string of the molecule is O=C1Nc2cccc(Cl)c2/C1=C\c1cccc2ccccc12. The number of hydrogen-bond donors (Lipinski definition) is 1. The van der Waals surface area contributed by atoms with E-state index in [4.69, 9.17) is 11.6 Å². The number of benzene rings is 3. The third-order valence-electron chi connectivity index (χ3n) is 3.90. The van der Waals surface area contributed by atoms with Gasteiger partial charge in [-0.2, -0.15) is 0 Å². The molecule has 1 amide bonds. The molecular weight excluding hydrogens is 294 g/mol. The Hall–Kier alpha value is -2.58. The summed E-state index contributed by atoms with van der Waals surface area (Å²) in [6.07, 6.45) is 1.91. The van der Waals surface area contributed by atoms with E-state index < -0.39 is 0 Å². The molecule has 3 aromatic carbocycles. The smallest absolute Gasteiger partial charge is 0.256 e. The van der Waals surface area contributed by atoms with E-state index in [-0.39, 0.29) is 5.91 Å². The van der Waals surface area contributed by atoms with E-state index in [1.54, 1.807) is 6.07 Å². The minimum Gasteiger partial charge on any atom is -0.321 e. The fourth-order valence-electron chi connectivity index (χ4n) is 2.87. The quantitative estimate of drug-likeness (QED) is 0.631. The van der Waals surface area contributed by atoms with Crippen LogP contribution in [0.5, 0.6) is 0 Å². The van der Waals surface area contributed by atoms with Gasteiger partial charge in [-0.3, -0.25) is 4.79 Å². The van der Waals surface area contributed by atoms with E-state index in [9.17, 15) is 4.79 Å². The van der Waals surface area contributed by atoms with Crippen molar-refractivity contribution in [2.45, 2.75) is 0 Å². The number of carbonyl (C=O) groups is 1. The second-order valence-corrected chi connectivity index (χ2v) is 5.65. The molecule has 1 heterocycles. The molecule has 0 saturated carbocycles. The highest BCUT2D eigenvalue weighted by Crippen LogP contribution is 2.38. The summed E-state index contributed by atoms with van der Waals surface area (Å²) >= 11 is 6.28. The van der Waals surface area contributed by atoms with Crippen LogP contribution in [-0.2, 0) is 4.79 Å². The summed E-state index contributed by atoms with van der Waals surface area (Å²) in [6, 6.07) is 19.7. The first-order chi connectivity index (χ1) is 10.7. The lowest BCUT2D eigenvalue weighted by molar-refractivity contribution is -0.110. The number of fused-ring (bicyclic) bond motifs is 2. The summed E-state index contributed by atoms with van der Waals surface area (Å²) in [6.45, 7) is 0. The van der Waals surface area contributed by atoms with Gasteiger partial charge in [0.2, 0.25) is 0 Å². The van der Waals surface area contributed by atoms with Crippen molar-refractivity contribution in [3.63, 3.8) is 0 Å². The molecule has 0 atom stereocenters. The number of nitrogens with one attached hydrogen (secondary N) is 1. The summed E-state index contributed by atoms with van der Waals surface area (Å²) in [4.78, 5) is 12.3. The van der Waals surface area contributed by atoms with Gasteiger partial charge in [-0.05, 0) is 34.5 Å². The van der Waals surface area contributed by atoms with Gasteiger partial charge in [-0.15, -0.1) is 0 Å². The van der Waals surface area contributed by atoms with Gasteiger partial charge in [0.05, 0.1) is 16.3 Å². The first-order valence-corrected chi connectivity index (χ1v) is 7.41. The molecule has 0 saturated heterocycles. The van der Waals surface area contributed by atoms with Gasteiger partial charge in [0.25, 0.3) is 5.91 Å². The highest BCUT2D eigenvalue weighted by atomic mass is 35.5. The van der Waals surface area contributed by atoms with Gasteiger partial charge < -0.3 is 5.32 Å². The third-order valence-corrected chi connectivity index (χ3v) is 4.21. The summed E-state index contributed by atoms with van der Waals surface area (Å²) in [5.74, 6) is -0.115. The first kappa shape index (κ1) is 13.1. The van der Waals surface area contributed by atoms with Gasteiger partial charge in [0.15, 0.2) is 0 Å². The van der Waals surface area contributed by atoms with Crippen LogP contribution >= 0.6 is 11.6 Å². The van der Waals surface area contributed by atoms with Crippen LogP contribution in [-0.4, -0.2) is 5.91 Å². The zero-order chi connectivity index (χ0) is 15.1. The zero-order valence-corrected chi connectivity index (χ0v) is 12.4. The lowest BCUT2D eigenvalue weighted by atomic mass is 9.99. The maximum Gasteiger partial charge on any atom is 0.256 e. The van der Waals surface area contributed by atoms with Gasteiger partial charge in [0.1, 0.15) is 0 Å². The van der Waals surface area contributed by atoms with Crippen LogP contribution in [0.2, 0.25) is 5.02 Å². The molecule has 0 unspecified atom stereocenters. The Bertz CT molecular complexity index is 938. The normalized spacial score (nSPS) is 15.1. The maximum absolute atomic E-state index is 12.3. The van der Waals surface area contributed by atoms with Gasteiger partial charge in [-0.25, -0.2) is 0 Å². The zero-order valence-electron chi connectivity index (χ0n) is 11.6. The molecular formula is C19H12ClNO. The Morgan fingerprint density at radius 3 is 2.59 bits per heavy atom. The van der Waals surface area contributed by atoms with Crippen molar-refractivity contribution in [3.8, 4) is 0 Å². The number of rotatable bonds is 1. The number of halogens is 1. The minimum absolute atomic E-state index is 0.115. The van der Waals surface area contributed by atoms with Crippen molar-refractivity contribution in [2.75, 3.05) is 5.32 Å². The Balaban J connectivity index is 1.95. The predicted octanol–water partition coefficient (Wildman–Crippen LogP) is 4.99. The predicted molar refractivity (Wildman–Crippen MR) is 91.9 cm³/mol. The molecule has 106 valence electrons. The Labute approximate surface area is 133 Å². The summed E-state index contributed by atoms with van der Waals surface area (Å²) in [5, 5.41) is 5.71. The molecule has 3 aromatic rings. The molecule has 0 fully saturated rings. The molecule has 1 aliphatic rings. The summed E-state index contributed by atoms with van der Waals surface area (Å²) in [7, 11) is 0. The largest absolute Gasteiger partial charge is 0.321 e. The van der Waals surface area contributed by atoms with Crippen molar-refractivity contribution >= 4 is 45.6 Å². The third kappa shape index (κ3) is 2.00. The summed E-state index contributed by atoms with van der Waals surface area (Å²) in [5.41, 5.74) is 3.17. The van der Waals surface area contributed by atoms with E-state index in [2.05, 4.69) is 23.5 Å². The average Bonchev–Trinajstić information content (AvgIpc) is 2.85. The average molecular weight is 306 g/mol. The second-order valence-electron chi connectivity index (χ2n) is 5.24. The minimum atomic E-state index is -0.115. The molecule has 22 heavy (non-hydrogen) atoms. The number of amides is 1. The monoisotopic (exact) mass is 305 g/mol. The lowest BCUT2D eigenvalue weighted by Gasteiger charge is -2.04. The standard InChI is InChI=1S/C19H12ClNO/c20-16-9-4-10-17-18(16)15(19(22)21-17)11-13-7-3-6-12-5-1-2-8-14(12)13/h1-11H,(H,21,22)/b15-11+. The molecule has 0 radical (unpaired) electrons. The van der Waals surface area contributed by atoms with Gasteiger partial charge in [-0.1, -0.05) is 60.1 Å². The van der Waals surface area contributed by atoms with Crippen LogP contribution in [0.25, 0.3) is 22.4 Å². The van der Waals surface area contributed by atoms with Crippen molar-refractivity contribution in [3.05, 3.63) is 76.8 Å². The summed E-state index contributed by atoms with van der Waals surface area (Å²) < 4.78 is 0. The van der Waals surface area contributed by atoms with E-state index in [0.29, 0.717) is 10.6 Å². The molecule has 1 aliphatic heterocycles.